The Morgan fingerprint density at radius 2 is 2.60 bits per heavy atom. The number of aromatic nitrogens is 1. The number of nitrogens with zero attached hydrogens (tertiary/aromatic N) is 2. The Morgan fingerprint density at radius 1 is 1.80 bits per heavy atom. The van der Waals surface area contributed by atoms with Crippen molar-refractivity contribution in [1.82, 2.24) is 10.1 Å². The van der Waals surface area contributed by atoms with E-state index >= 15 is 0 Å². The highest BCUT2D eigenvalue weighted by Crippen LogP contribution is 2.29. The zero-order valence-corrected chi connectivity index (χ0v) is 8.64. The largest absolute Gasteiger partial charge is 0.478 e. The van der Waals surface area contributed by atoms with Gasteiger partial charge in [-0.1, -0.05) is 12.1 Å². The maximum absolute atomic E-state index is 10.9. The zero-order chi connectivity index (χ0) is 10.8. The molecule has 1 saturated heterocycles. The third-order valence-corrected chi connectivity index (χ3v) is 2.92. The number of likely N-dealkylation sites (N-methyl/N-ethyl adjacent to an activating group) is 1. The molecule has 2 heterocycles. The van der Waals surface area contributed by atoms with Crippen molar-refractivity contribution in [2.75, 3.05) is 19.6 Å². The standard InChI is InChI=1S/C10H14N2O3/c1-2-12-4-3-7(6-12)9-8(10(13)14)5-11-15-9/h5,7H,2-4,6H2,1H3,(H,13,14). The van der Waals surface area contributed by atoms with E-state index in [-0.39, 0.29) is 11.5 Å². The molecule has 1 aromatic rings. The van der Waals surface area contributed by atoms with Gasteiger partial charge in [-0.2, -0.15) is 0 Å². The molecule has 0 saturated carbocycles. The van der Waals surface area contributed by atoms with Crippen LogP contribution in [-0.2, 0) is 0 Å². The van der Waals surface area contributed by atoms with Crippen molar-refractivity contribution in [2.24, 2.45) is 0 Å². The molecule has 1 N–H and O–H groups in total. The lowest BCUT2D eigenvalue weighted by molar-refractivity contribution is 0.0693. The van der Waals surface area contributed by atoms with Crippen molar-refractivity contribution in [2.45, 2.75) is 19.3 Å². The first-order chi connectivity index (χ1) is 7.22. The molecule has 1 atom stereocenters. The quantitative estimate of drug-likeness (QED) is 0.811. The van der Waals surface area contributed by atoms with E-state index in [0.717, 1.165) is 26.1 Å². The van der Waals surface area contributed by atoms with E-state index in [4.69, 9.17) is 9.63 Å². The molecule has 82 valence electrons. The van der Waals surface area contributed by atoms with Gasteiger partial charge in [-0.3, -0.25) is 0 Å². The topological polar surface area (TPSA) is 66.6 Å². The smallest absolute Gasteiger partial charge is 0.340 e. The first-order valence-electron chi connectivity index (χ1n) is 5.12. The Labute approximate surface area is 87.7 Å². The van der Waals surface area contributed by atoms with E-state index in [1.54, 1.807) is 0 Å². The minimum Gasteiger partial charge on any atom is -0.478 e. The lowest BCUT2D eigenvalue weighted by atomic mass is 10.0. The summed E-state index contributed by atoms with van der Waals surface area (Å²) < 4.78 is 5.05. The molecule has 5 heteroatoms. The minimum absolute atomic E-state index is 0.179. The summed E-state index contributed by atoms with van der Waals surface area (Å²) in [6, 6.07) is 0. The third kappa shape index (κ3) is 1.87. The Balaban J connectivity index is 2.16. The summed E-state index contributed by atoms with van der Waals surface area (Å²) >= 11 is 0. The summed E-state index contributed by atoms with van der Waals surface area (Å²) in [5.41, 5.74) is 0.206. The van der Waals surface area contributed by atoms with Crippen LogP contribution in [0.25, 0.3) is 0 Å². The van der Waals surface area contributed by atoms with Crippen LogP contribution in [0, 0.1) is 0 Å². The summed E-state index contributed by atoms with van der Waals surface area (Å²) in [4.78, 5) is 13.2. The second-order valence-electron chi connectivity index (χ2n) is 3.79. The van der Waals surface area contributed by atoms with Crippen LogP contribution in [0.5, 0.6) is 0 Å². The van der Waals surface area contributed by atoms with E-state index in [1.165, 1.54) is 6.20 Å². The van der Waals surface area contributed by atoms with Crippen LogP contribution in [0.2, 0.25) is 0 Å². The minimum atomic E-state index is -0.957. The van der Waals surface area contributed by atoms with E-state index in [0.29, 0.717) is 5.76 Å². The number of likely N-dealkylation sites (tertiary alicyclic amines) is 1. The summed E-state index contributed by atoms with van der Waals surface area (Å²) in [5.74, 6) is -0.252. The van der Waals surface area contributed by atoms with Gasteiger partial charge >= 0.3 is 5.97 Å². The fourth-order valence-corrected chi connectivity index (χ4v) is 2.04. The SMILES string of the molecule is CCN1CCC(c2oncc2C(=O)O)C1. The normalized spacial score (nSPS) is 22.1. The fourth-order valence-electron chi connectivity index (χ4n) is 2.04. The van der Waals surface area contributed by atoms with Crippen LogP contribution < -0.4 is 0 Å². The van der Waals surface area contributed by atoms with Gasteiger partial charge in [0.2, 0.25) is 0 Å². The molecule has 0 amide bonds. The Kier molecular flexibility index (Phi) is 2.73. The maximum Gasteiger partial charge on any atom is 0.340 e. The monoisotopic (exact) mass is 210 g/mol. The molecule has 1 aliphatic rings. The first-order valence-corrected chi connectivity index (χ1v) is 5.12. The lowest BCUT2D eigenvalue weighted by Gasteiger charge is -2.11. The summed E-state index contributed by atoms with van der Waals surface area (Å²) in [7, 11) is 0. The van der Waals surface area contributed by atoms with Gasteiger partial charge in [0, 0.05) is 12.5 Å². The Bertz CT molecular complexity index is 361. The van der Waals surface area contributed by atoms with E-state index in [2.05, 4.69) is 17.0 Å². The summed E-state index contributed by atoms with van der Waals surface area (Å²) in [5, 5.41) is 12.5. The van der Waals surface area contributed by atoms with Gasteiger partial charge in [-0.25, -0.2) is 4.79 Å². The van der Waals surface area contributed by atoms with Crippen LogP contribution in [0.1, 0.15) is 35.4 Å². The second kappa shape index (κ2) is 4.02. The van der Waals surface area contributed by atoms with Crippen LogP contribution >= 0.6 is 0 Å². The lowest BCUT2D eigenvalue weighted by Crippen LogP contribution is -2.19. The summed E-state index contributed by atoms with van der Waals surface area (Å²) in [6.45, 7) is 4.96. The van der Waals surface area contributed by atoms with Crippen LogP contribution in [0.3, 0.4) is 0 Å². The molecule has 2 rings (SSSR count). The number of carbonyl (C=O) groups is 1. The predicted molar refractivity (Wildman–Crippen MR) is 52.9 cm³/mol. The van der Waals surface area contributed by atoms with Crippen molar-refractivity contribution in [3.63, 3.8) is 0 Å². The summed E-state index contributed by atoms with van der Waals surface area (Å²) in [6.07, 6.45) is 2.23. The zero-order valence-electron chi connectivity index (χ0n) is 8.64. The molecule has 0 bridgehead atoms. The van der Waals surface area contributed by atoms with Crippen molar-refractivity contribution < 1.29 is 14.4 Å². The molecule has 1 fully saturated rings. The highest BCUT2D eigenvalue weighted by Gasteiger charge is 2.29. The maximum atomic E-state index is 10.9. The van der Waals surface area contributed by atoms with Gasteiger partial charge < -0.3 is 14.5 Å². The molecule has 15 heavy (non-hydrogen) atoms. The molecular weight excluding hydrogens is 196 g/mol. The van der Waals surface area contributed by atoms with Gasteiger partial charge in [-0.15, -0.1) is 0 Å². The highest BCUT2D eigenvalue weighted by molar-refractivity contribution is 5.88. The third-order valence-electron chi connectivity index (χ3n) is 2.92. The van der Waals surface area contributed by atoms with Crippen LogP contribution in [-0.4, -0.2) is 40.8 Å². The van der Waals surface area contributed by atoms with Crippen molar-refractivity contribution in [3.8, 4) is 0 Å². The van der Waals surface area contributed by atoms with Crippen molar-refractivity contribution in [1.29, 1.82) is 0 Å². The molecular formula is C10H14N2O3. The van der Waals surface area contributed by atoms with E-state index in [9.17, 15) is 4.79 Å². The van der Waals surface area contributed by atoms with Crippen LogP contribution in [0.15, 0.2) is 10.7 Å². The average Bonchev–Trinajstić information content (AvgIpc) is 2.85. The molecule has 5 nitrogen and oxygen atoms in total. The first kappa shape index (κ1) is 10.2. The van der Waals surface area contributed by atoms with Gasteiger partial charge in [0.1, 0.15) is 5.56 Å². The molecule has 1 unspecified atom stereocenters. The Hall–Kier alpha value is -1.36. The molecule has 1 aromatic heterocycles. The second-order valence-corrected chi connectivity index (χ2v) is 3.79. The Morgan fingerprint density at radius 3 is 3.20 bits per heavy atom. The molecule has 0 aromatic carbocycles. The molecule has 0 aliphatic carbocycles. The highest BCUT2D eigenvalue weighted by atomic mass is 16.5. The van der Waals surface area contributed by atoms with Gasteiger partial charge in [0.25, 0.3) is 0 Å². The van der Waals surface area contributed by atoms with E-state index in [1.807, 2.05) is 0 Å². The number of aromatic carboxylic acids is 1. The molecule has 1 aliphatic heterocycles. The van der Waals surface area contributed by atoms with Gasteiger partial charge in [-0.05, 0) is 19.5 Å². The van der Waals surface area contributed by atoms with Crippen molar-refractivity contribution in [3.05, 3.63) is 17.5 Å². The van der Waals surface area contributed by atoms with Crippen LogP contribution in [0.4, 0.5) is 0 Å². The number of carboxylic acid groups (broad SMARTS) is 1. The van der Waals surface area contributed by atoms with Gasteiger partial charge in [0.05, 0.1) is 6.20 Å². The van der Waals surface area contributed by atoms with Gasteiger partial charge in [0.15, 0.2) is 5.76 Å². The van der Waals surface area contributed by atoms with Crippen molar-refractivity contribution >= 4 is 5.97 Å². The number of hydrogen-bond acceptors (Lipinski definition) is 4. The fraction of sp³-hybridized carbons (Fsp3) is 0.600. The van der Waals surface area contributed by atoms with E-state index < -0.39 is 5.97 Å². The number of carboxylic acids is 1. The molecule has 0 spiro atoms. The number of rotatable bonds is 3. The predicted octanol–water partition coefficient (Wildman–Crippen LogP) is 1.18. The number of hydrogen-bond donors (Lipinski definition) is 1. The molecule has 0 radical (unpaired) electrons. The average molecular weight is 210 g/mol.